The van der Waals surface area contributed by atoms with Gasteiger partial charge in [-0.25, -0.2) is 0 Å². The van der Waals surface area contributed by atoms with Gasteiger partial charge in [-0.2, -0.15) is 0 Å². The quantitative estimate of drug-likeness (QED) is 0.650. The topological polar surface area (TPSA) is 46.3 Å². The Balaban J connectivity index is 0.00000128. The van der Waals surface area contributed by atoms with Crippen LogP contribution in [0.2, 0.25) is 0 Å². The second-order valence-electron chi connectivity index (χ2n) is 3.95. The molecule has 1 heterocycles. The number of anilines is 1. The summed E-state index contributed by atoms with van der Waals surface area (Å²) in [6, 6.07) is 7.45. The fourth-order valence-electron chi connectivity index (χ4n) is 2.16. The van der Waals surface area contributed by atoms with E-state index in [1.54, 1.807) is 0 Å². The maximum absolute atomic E-state index is 11.1. The van der Waals surface area contributed by atoms with Crippen LogP contribution in [0.1, 0.15) is 24.4 Å². The molecule has 0 aliphatic carbocycles. The van der Waals surface area contributed by atoms with Crippen LogP contribution in [0.3, 0.4) is 0 Å². The number of nitrogens with two attached hydrogens (primary N) is 1. The number of aldehydes is 1. The summed E-state index contributed by atoms with van der Waals surface area (Å²) in [6.07, 6.45) is 3.35. The van der Waals surface area contributed by atoms with Gasteiger partial charge in [-0.3, -0.25) is 4.90 Å². The minimum atomic E-state index is -0.159. The van der Waals surface area contributed by atoms with Crippen LogP contribution in [-0.2, 0) is 4.79 Å². The van der Waals surface area contributed by atoms with Crippen LogP contribution in [0, 0.1) is 0 Å². The second kappa shape index (κ2) is 5.87. The molecule has 88 valence electrons. The number of benzene rings is 1. The molecule has 0 saturated carbocycles. The highest BCUT2D eigenvalue weighted by Crippen LogP contribution is 2.26. The van der Waals surface area contributed by atoms with E-state index in [-0.39, 0.29) is 18.4 Å². The van der Waals surface area contributed by atoms with Crippen molar-refractivity contribution in [2.24, 2.45) is 0 Å². The maximum Gasteiger partial charge on any atom is 0.141 e. The summed E-state index contributed by atoms with van der Waals surface area (Å²) in [7, 11) is 0. The van der Waals surface area contributed by atoms with Gasteiger partial charge >= 0.3 is 0 Å². The van der Waals surface area contributed by atoms with Crippen LogP contribution < -0.4 is 5.73 Å². The van der Waals surface area contributed by atoms with Crippen molar-refractivity contribution < 1.29 is 4.79 Å². The molecule has 1 aromatic carbocycles. The fourth-order valence-corrected chi connectivity index (χ4v) is 2.16. The average molecular weight is 241 g/mol. The average Bonchev–Trinajstić information content (AvgIpc) is 2.75. The summed E-state index contributed by atoms with van der Waals surface area (Å²) in [6.45, 7) is 2.00. The molecule has 1 atom stereocenters. The summed E-state index contributed by atoms with van der Waals surface area (Å²) in [5, 5.41) is 0. The molecule has 16 heavy (non-hydrogen) atoms. The van der Waals surface area contributed by atoms with Crippen LogP contribution in [-0.4, -0.2) is 24.3 Å². The van der Waals surface area contributed by atoms with Crippen molar-refractivity contribution in [1.29, 1.82) is 0 Å². The lowest BCUT2D eigenvalue weighted by atomic mass is 10.1. The highest BCUT2D eigenvalue weighted by Gasteiger charge is 2.23. The van der Waals surface area contributed by atoms with Gasteiger partial charge in [0.25, 0.3) is 0 Å². The Bertz CT molecular complexity index is 351. The number of hydrogen-bond acceptors (Lipinski definition) is 3. The highest BCUT2D eigenvalue weighted by atomic mass is 35.5. The van der Waals surface area contributed by atoms with Gasteiger partial charge in [0.15, 0.2) is 0 Å². The van der Waals surface area contributed by atoms with Gasteiger partial charge in [0.2, 0.25) is 0 Å². The molecule has 2 rings (SSSR count). The molecular weight excluding hydrogens is 224 g/mol. The number of hydrogen-bond donors (Lipinski definition) is 1. The molecule has 4 heteroatoms. The van der Waals surface area contributed by atoms with Crippen molar-refractivity contribution in [1.82, 2.24) is 4.90 Å². The minimum absolute atomic E-state index is 0. The Morgan fingerprint density at radius 1 is 1.25 bits per heavy atom. The Labute approximate surface area is 102 Å². The lowest BCUT2D eigenvalue weighted by molar-refractivity contribution is -0.112. The molecule has 0 spiro atoms. The Morgan fingerprint density at radius 3 is 2.44 bits per heavy atom. The van der Waals surface area contributed by atoms with Gasteiger partial charge in [0, 0.05) is 5.69 Å². The van der Waals surface area contributed by atoms with Gasteiger partial charge < -0.3 is 10.5 Å². The molecule has 0 amide bonds. The van der Waals surface area contributed by atoms with Gasteiger partial charge in [0.1, 0.15) is 6.29 Å². The minimum Gasteiger partial charge on any atom is -0.398 e. The molecular formula is C12H17ClN2O. The molecule has 1 aliphatic heterocycles. The van der Waals surface area contributed by atoms with Crippen LogP contribution >= 0.6 is 12.4 Å². The second-order valence-corrected chi connectivity index (χ2v) is 3.95. The molecule has 1 saturated heterocycles. The monoisotopic (exact) mass is 240 g/mol. The largest absolute Gasteiger partial charge is 0.398 e. The maximum atomic E-state index is 11.1. The summed E-state index contributed by atoms with van der Waals surface area (Å²) in [5.41, 5.74) is 7.53. The SMILES string of the molecule is Cl.Nc1ccccc1C(C=O)N1CCCC1. The number of carbonyl (C=O) groups excluding carboxylic acids is 1. The van der Waals surface area contributed by atoms with Crippen molar-refractivity contribution in [2.45, 2.75) is 18.9 Å². The highest BCUT2D eigenvalue weighted by molar-refractivity contribution is 5.85. The number of nitrogens with zero attached hydrogens (tertiary/aromatic N) is 1. The first-order valence-electron chi connectivity index (χ1n) is 5.36. The zero-order valence-corrected chi connectivity index (χ0v) is 9.95. The summed E-state index contributed by atoms with van der Waals surface area (Å²) >= 11 is 0. The zero-order valence-electron chi connectivity index (χ0n) is 9.13. The van der Waals surface area contributed by atoms with E-state index in [0.717, 1.165) is 24.9 Å². The van der Waals surface area contributed by atoms with Gasteiger partial charge in [0.05, 0.1) is 6.04 Å². The van der Waals surface area contributed by atoms with Crippen LogP contribution in [0.25, 0.3) is 0 Å². The Kier molecular flexibility index (Phi) is 4.77. The number of rotatable bonds is 3. The summed E-state index contributed by atoms with van der Waals surface area (Å²) < 4.78 is 0. The molecule has 1 aromatic rings. The van der Waals surface area contributed by atoms with Crippen molar-refractivity contribution in [2.75, 3.05) is 18.8 Å². The lowest BCUT2D eigenvalue weighted by Gasteiger charge is -2.23. The first-order valence-corrected chi connectivity index (χ1v) is 5.36. The third kappa shape index (κ3) is 2.54. The number of carbonyl (C=O) groups is 1. The molecule has 0 bridgehead atoms. The van der Waals surface area contributed by atoms with Crippen LogP contribution in [0.5, 0.6) is 0 Å². The smallest absolute Gasteiger partial charge is 0.141 e. The predicted octanol–water partition coefficient (Wildman–Crippen LogP) is 2.03. The fraction of sp³-hybridized carbons (Fsp3) is 0.417. The molecule has 1 aliphatic rings. The van der Waals surface area contributed by atoms with Gasteiger partial charge in [-0.15, -0.1) is 12.4 Å². The first-order chi connectivity index (χ1) is 7.33. The number of likely N-dealkylation sites (tertiary alicyclic amines) is 1. The predicted molar refractivity (Wildman–Crippen MR) is 67.7 cm³/mol. The van der Waals surface area contributed by atoms with Gasteiger partial charge in [-0.05, 0) is 37.6 Å². The van der Waals surface area contributed by atoms with E-state index in [1.807, 2.05) is 24.3 Å². The van der Waals surface area contributed by atoms with Crippen molar-refractivity contribution in [3.63, 3.8) is 0 Å². The molecule has 2 N–H and O–H groups in total. The van der Waals surface area contributed by atoms with Crippen LogP contribution in [0.4, 0.5) is 5.69 Å². The molecule has 1 unspecified atom stereocenters. The number of para-hydroxylation sites is 1. The van der Waals surface area contributed by atoms with Crippen molar-refractivity contribution in [3.8, 4) is 0 Å². The van der Waals surface area contributed by atoms with E-state index < -0.39 is 0 Å². The molecule has 0 aromatic heterocycles. The Morgan fingerprint density at radius 2 is 1.88 bits per heavy atom. The van der Waals surface area contributed by atoms with E-state index in [1.165, 1.54) is 12.8 Å². The van der Waals surface area contributed by atoms with Crippen molar-refractivity contribution in [3.05, 3.63) is 29.8 Å². The first kappa shape index (κ1) is 13.0. The molecule has 3 nitrogen and oxygen atoms in total. The standard InChI is InChI=1S/C12H16N2O.ClH/c13-11-6-2-1-5-10(11)12(9-15)14-7-3-4-8-14;/h1-2,5-6,9,12H,3-4,7-8,13H2;1H. The van der Waals surface area contributed by atoms with E-state index in [0.29, 0.717) is 5.69 Å². The number of nitrogen functional groups attached to an aromatic ring is 1. The number of halogens is 1. The Hall–Kier alpha value is -1.06. The van der Waals surface area contributed by atoms with E-state index >= 15 is 0 Å². The molecule has 0 radical (unpaired) electrons. The van der Waals surface area contributed by atoms with E-state index in [4.69, 9.17) is 5.73 Å². The molecule has 1 fully saturated rings. The third-order valence-corrected chi connectivity index (χ3v) is 2.98. The lowest BCUT2D eigenvalue weighted by Crippen LogP contribution is -2.27. The van der Waals surface area contributed by atoms with Crippen LogP contribution in [0.15, 0.2) is 24.3 Å². The summed E-state index contributed by atoms with van der Waals surface area (Å²) in [4.78, 5) is 13.3. The zero-order chi connectivity index (χ0) is 10.7. The van der Waals surface area contributed by atoms with E-state index in [2.05, 4.69) is 4.90 Å². The van der Waals surface area contributed by atoms with E-state index in [9.17, 15) is 4.79 Å². The van der Waals surface area contributed by atoms with Crippen molar-refractivity contribution >= 4 is 24.4 Å². The van der Waals surface area contributed by atoms with Gasteiger partial charge in [-0.1, -0.05) is 18.2 Å². The third-order valence-electron chi connectivity index (χ3n) is 2.98. The normalized spacial score (nSPS) is 17.8. The summed E-state index contributed by atoms with van der Waals surface area (Å²) in [5.74, 6) is 0.